The summed E-state index contributed by atoms with van der Waals surface area (Å²) in [6.45, 7) is 2.01. The van der Waals surface area contributed by atoms with E-state index >= 15 is 0 Å². The SMILES string of the molecule is Cc1ccc(C(=O)c2cccc3ccccc23)cc1Br. The number of carbonyl (C=O) groups is 1. The summed E-state index contributed by atoms with van der Waals surface area (Å²) in [5.41, 5.74) is 2.58. The van der Waals surface area contributed by atoms with E-state index in [2.05, 4.69) is 15.9 Å². The molecule has 0 aliphatic carbocycles. The number of fused-ring (bicyclic) bond motifs is 1. The van der Waals surface area contributed by atoms with E-state index < -0.39 is 0 Å². The first-order valence-electron chi connectivity index (χ1n) is 6.45. The van der Waals surface area contributed by atoms with Crippen molar-refractivity contribution in [1.82, 2.24) is 0 Å². The van der Waals surface area contributed by atoms with Gasteiger partial charge in [-0.05, 0) is 29.3 Å². The van der Waals surface area contributed by atoms with Gasteiger partial charge in [-0.15, -0.1) is 0 Å². The third-order valence-electron chi connectivity index (χ3n) is 3.47. The molecule has 98 valence electrons. The molecule has 0 heterocycles. The van der Waals surface area contributed by atoms with Gasteiger partial charge in [0.25, 0.3) is 0 Å². The minimum Gasteiger partial charge on any atom is -0.289 e. The smallest absolute Gasteiger partial charge is 0.193 e. The Morgan fingerprint density at radius 1 is 0.950 bits per heavy atom. The van der Waals surface area contributed by atoms with Crippen LogP contribution in [0, 0.1) is 6.92 Å². The second-order valence-corrected chi connectivity index (χ2v) is 5.67. The highest BCUT2D eigenvalue weighted by Crippen LogP contribution is 2.24. The maximum absolute atomic E-state index is 12.7. The predicted octanol–water partition coefficient (Wildman–Crippen LogP) is 5.14. The minimum atomic E-state index is 0.0579. The van der Waals surface area contributed by atoms with Crippen molar-refractivity contribution < 1.29 is 4.79 Å². The van der Waals surface area contributed by atoms with Crippen molar-refractivity contribution in [3.8, 4) is 0 Å². The zero-order valence-electron chi connectivity index (χ0n) is 11.1. The number of carbonyl (C=O) groups excluding carboxylic acids is 1. The fraction of sp³-hybridized carbons (Fsp3) is 0.0556. The quantitative estimate of drug-likeness (QED) is 0.596. The normalized spacial score (nSPS) is 10.7. The molecular weight excluding hydrogens is 312 g/mol. The van der Waals surface area contributed by atoms with Crippen LogP contribution in [0.5, 0.6) is 0 Å². The van der Waals surface area contributed by atoms with Gasteiger partial charge in [0, 0.05) is 15.6 Å². The highest BCUT2D eigenvalue weighted by atomic mass is 79.9. The second-order valence-electron chi connectivity index (χ2n) is 4.82. The first-order valence-corrected chi connectivity index (χ1v) is 7.25. The molecule has 0 atom stereocenters. The van der Waals surface area contributed by atoms with Gasteiger partial charge in [0.2, 0.25) is 0 Å². The van der Waals surface area contributed by atoms with Crippen LogP contribution in [0.1, 0.15) is 21.5 Å². The summed E-state index contributed by atoms with van der Waals surface area (Å²) in [6.07, 6.45) is 0. The van der Waals surface area contributed by atoms with Gasteiger partial charge < -0.3 is 0 Å². The molecule has 3 rings (SSSR count). The van der Waals surface area contributed by atoms with Crippen LogP contribution >= 0.6 is 15.9 Å². The van der Waals surface area contributed by atoms with Crippen molar-refractivity contribution in [3.63, 3.8) is 0 Å². The van der Waals surface area contributed by atoms with Crippen LogP contribution in [-0.4, -0.2) is 5.78 Å². The molecule has 0 saturated carbocycles. The molecule has 0 unspecified atom stereocenters. The Bertz CT molecular complexity index is 800. The number of ketones is 1. The van der Waals surface area contributed by atoms with Gasteiger partial charge in [-0.3, -0.25) is 4.79 Å². The van der Waals surface area contributed by atoms with Crippen LogP contribution in [0.25, 0.3) is 10.8 Å². The van der Waals surface area contributed by atoms with E-state index in [1.807, 2.05) is 67.6 Å². The lowest BCUT2D eigenvalue weighted by atomic mass is 9.97. The van der Waals surface area contributed by atoms with Gasteiger partial charge in [0.1, 0.15) is 0 Å². The standard InChI is InChI=1S/C18H13BrO/c1-12-9-10-14(11-17(12)19)18(20)16-8-4-6-13-5-2-3-7-15(13)16/h2-11H,1H3. The molecule has 0 aliphatic heterocycles. The lowest BCUT2D eigenvalue weighted by molar-refractivity contribution is 0.104. The molecule has 0 fully saturated rings. The molecular formula is C18H13BrO. The molecule has 0 bridgehead atoms. The van der Waals surface area contributed by atoms with Crippen LogP contribution in [-0.2, 0) is 0 Å². The molecule has 3 aromatic carbocycles. The number of hydrogen-bond donors (Lipinski definition) is 0. The summed E-state index contributed by atoms with van der Waals surface area (Å²) in [5, 5.41) is 2.08. The number of hydrogen-bond acceptors (Lipinski definition) is 1. The number of benzene rings is 3. The average molecular weight is 325 g/mol. The number of aryl methyl sites for hydroxylation is 1. The zero-order valence-corrected chi connectivity index (χ0v) is 12.6. The van der Waals surface area contributed by atoms with Crippen molar-refractivity contribution in [2.24, 2.45) is 0 Å². The Morgan fingerprint density at radius 2 is 1.70 bits per heavy atom. The topological polar surface area (TPSA) is 17.1 Å². The first kappa shape index (κ1) is 13.1. The maximum Gasteiger partial charge on any atom is 0.193 e. The molecule has 2 heteroatoms. The number of rotatable bonds is 2. The second kappa shape index (κ2) is 5.22. The molecule has 0 radical (unpaired) electrons. The summed E-state index contributed by atoms with van der Waals surface area (Å²) in [4.78, 5) is 12.7. The van der Waals surface area contributed by atoms with E-state index in [-0.39, 0.29) is 5.78 Å². The van der Waals surface area contributed by atoms with Crippen molar-refractivity contribution in [1.29, 1.82) is 0 Å². The van der Waals surface area contributed by atoms with Crippen LogP contribution in [0.15, 0.2) is 65.1 Å². The molecule has 0 aromatic heterocycles. The maximum atomic E-state index is 12.7. The van der Waals surface area contributed by atoms with Crippen LogP contribution in [0.3, 0.4) is 0 Å². The third kappa shape index (κ3) is 2.27. The molecule has 0 N–H and O–H groups in total. The lowest BCUT2D eigenvalue weighted by Crippen LogP contribution is -2.02. The monoisotopic (exact) mass is 324 g/mol. The van der Waals surface area contributed by atoms with Crippen LogP contribution in [0.4, 0.5) is 0 Å². The summed E-state index contributed by atoms with van der Waals surface area (Å²) in [5.74, 6) is 0.0579. The zero-order chi connectivity index (χ0) is 14.1. The Labute approximate surface area is 126 Å². The summed E-state index contributed by atoms with van der Waals surface area (Å²) in [7, 11) is 0. The summed E-state index contributed by atoms with van der Waals surface area (Å²) >= 11 is 3.48. The highest BCUT2D eigenvalue weighted by molar-refractivity contribution is 9.10. The van der Waals surface area contributed by atoms with Gasteiger partial charge >= 0.3 is 0 Å². The van der Waals surface area contributed by atoms with Gasteiger partial charge in [0.05, 0.1) is 0 Å². The Morgan fingerprint density at radius 3 is 2.50 bits per heavy atom. The third-order valence-corrected chi connectivity index (χ3v) is 4.32. The van der Waals surface area contributed by atoms with Gasteiger partial charge in [-0.25, -0.2) is 0 Å². The van der Waals surface area contributed by atoms with E-state index in [0.29, 0.717) is 5.56 Å². The predicted molar refractivity (Wildman–Crippen MR) is 86.3 cm³/mol. The van der Waals surface area contributed by atoms with Gasteiger partial charge in [-0.2, -0.15) is 0 Å². The van der Waals surface area contributed by atoms with Crippen LogP contribution in [0.2, 0.25) is 0 Å². The first-order chi connectivity index (χ1) is 9.66. The molecule has 3 aromatic rings. The molecule has 1 nitrogen and oxygen atoms in total. The highest BCUT2D eigenvalue weighted by Gasteiger charge is 2.12. The lowest BCUT2D eigenvalue weighted by Gasteiger charge is -2.07. The Kier molecular flexibility index (Phi) is 3.41. The number of halogens is 1. The minimum absolute atomic E-state index is 0.0579. The largest absolute Gasteiger partial charge is 0.289 e. The fourth-order valence-corrected chi connectivity index (χ4v) is 2.69. The van der Waals surface area contributed by atoms with E-state index in [4.69, 9.17) is 0 Å². The van der Waals surface area contributed by atoms with Gasteiger partial charge in [0.15, 0.2) is 5.78 Å². The van der Waals surface area contributed by atoms with E-state index in [0.717, 1.165) is 26.4 Å². The molecule has 0 amide bonds. The van der Waals surface area contributed by atoms with E-state index in [1.54, 1.807) is 0 Å². The molecule has 0 aliphatic rings. The van der Waals surface area contributed by atoms with E-state index in [9.17, 15) is 4.79 Å². The van der Waals surface area contributed by atoms with E-state index in [1.165, 1.54) is 0 Å². The Balaban J connectivity index is 2.15. The molecule has 0 saturated heterocycles. The Hall–Kier alpha value is -1.93. The van der Waals surface area contributed by atoms with Crippen LogP contribution < -0.4 is 0 Å². The van der Waals surface area contributed by atoms with Crippen molar-refractivity contribution >= 4 is 32.5 Å². The summed E-state index contributed by atoms with van der Waals surface area (Å²) < 4.78 is 0.962. The average Bonchev–Trinajstić information content (AvgIpc) is 2.49. The van der Waals surface area contributed by atoms with Crippen molar-refractivity contribution in [2.75, 3.05) is 0 Å². The van der Waals surface area contributed by atoms with Gasteiger partial charge in [-0.1, -0.05) is 70.5 Å². The molecule has 0 spiro atoms. The van der Waals surface area contributed by atoms with Crippen molar-refractivity contribution in [3.05, 3.63) is 81.8 Å². The summed E-state index contributed by atoms with van der Waals surface area (Å²) in [6, 6.07) is 19.5. The fourth-order valence-electron chi connectivity index (χ4n) is 2.31. The molecule has 20 heavy (non-hydrogen) atoms. The van der Waals surface area contributed by atoms with Crippen molar-refractivity contribution in [2.45, 2.75) is 6.92 Å².